The lowest BCUT2D eigenvalue weighted by Gasteiger charge is -2.15. The fraction of sp³-hybridized carbons (Fsp3) is 0.235. The predicted molar refractivity (Wildman–Crippen MR) is 92.4 cm³/mol. The molecule has 1 heterocycles. The standard InChI is InChI=1S/C17H16Cl2N2O2/c1-11-20-15-4-2-3-5-16(15)21(11)9-13(22)10-23-17-7-6-12(18)8-14(17)19/h2-8,13,22H,9-10H2,1H3/t13-/m1/s1. The molecule has 1 atom stereocenters. The Morgan fingerprint density at radius 1 is 1.22 bits per heavy atom. The summed E-state index contributed by atoms with van der Waals surface area (Å²) in [6, 6.07) is 12.8. The highest BCUT2D eigenvalue weighted by Gasteiger charge is 2.13. The summed E-state index contributed by atoms with van der Waals surface area (Å²) in [4.78, 5) is 4.48. The van der Waals surface area contributed by atoms with Crippen LogP contribution in [-0.2, 0) is 6.54 Å². The highest BCUT2D eigenvalue weighted by Crippen LogP contribution is 2.27. The van der Waals surface area contributed by atoms with Crippen molar-refractivity contribution in [2.24, 2.45) is 0 Å². The number of hydrogen-bond acceptors (Lipinski definition) is 3. The van der Waals surface area contributed by atoms with E-state index < -0.39 is 6.10 Å². The largest absolute Gasteiger partial charge is 0.489 e. The average Bonchev–Trinajstić information content (AvgIpc) is 2.82. The molecule has 1 N–H and O–H groups in total. The minimum absolute atomic E-state index is 0.132. The number of halogens is 2. The molecule has 0 saturated heterocycles. The monoisotopic (exact) mass is 350 g/mol. The second-order valence-corrected chi connectivity index (χ2v) is 6.14. The first kappa shape index (κ1) is 16.1. The number of imidazole rings is 1. The van der Waals surface area contributed by atoms with E-state index in [-0.39, 0.29) is 6.61 Å². The molecular formula is C17H16Cl2N2O2. The van der Waals surface area contributed by atoms with Gasteiger partial charge in [-0.3, -0.25) is 0 Å². The Labute approximate surface area is 144 Å². The highest BCUT2D eigenvalue weighted by molar-refractivity contribution is 6.35. The van der Waals surface area contributed by atoms with Crippen molar-refractivity contribution < 1.29 is 9.84 Å². The first-order valence-electron chi connectivity index (χ1n) is 7.22. The van der Waals surface area contributed by atoms with Gasteiger partial charge in [0.25, 0.3) is 0 Å². The second kappa shape index (κ2) is 6.79. The lowest BCUT2D eigenvalue weighted by molar-refractivity contribution is 0.0930. The summed E-state index contributed by atoms with van der Waals surface area (Å²) < 4.78 is 7.56. The Bertz CT molecular complexity index is 833. The molecule has 2 aromatic carbocycles. The number of para-hydroxylation sites is 2. The number of aliphatic hydroxyl groups excluding tert-OH is 1. The van der Waals surface area contributed by atoms with Crippen LogP contribution in [0.1, 0.15) is 5.82 Å². The van der Waals surface area contributed by atoms with E-state index in [2.05, 4.69) is 4.98 Å². The van der Waals surface area contributed by atoms with Crippen molar-refractivity contribution in [3.05, 3.63) is 58.3 Å². The molecule has 1 aromatic heterocycles. The van der Waals surface area contributed by atoms with Gasteiger partial charge < -0.3 is 14.4 Å². The van der Waals surface area contributed by atoms with E-state index in [1.54, 1.807) is 18.2 Å². The van der Waals surface area contributed by atoms with E-state index in [1.165, 1.54) is 0 Å². The van der Waals surface area contributed by atoms with Crippen LogP contribution in [0.15, 0.2) is 42.5 Å². The maximum atomic E-state index is 10.3. The van der Waals surface area contributed by atoms with Crippen LogP contribution in [-0.4, -0.2) is 27.4 Å². The van der Waals surface area contributed by atoms with Crippen molar-refractivity contribution in [2.75, 3.05) is 6.61 Å². The quantitative estimate of drug-likeness (QED) is 0.753. The molecule has 0 saturated carbocycles. The maximum Gasteiger partial charge on any atom is 0.138 e. The molecule has 0 spiro atoms. The van der Waals surface area contributed by atoms with Crippen molar-refractivity contribution in [3.8, 4) is 5.75 Å². The van der Waals surface area contributed by atoms with E-state index in [4.69, 9.17) is 27.9 Å². The first-order chi connectivity index (χ1) is 11.0. The molecule has 120 valence electrons. The van der Waals surface area contributed by atoms with Crippen LogP contribution >= 0.6 is 23.2 Å². The number of rotatable bonds is 5. The molecular weight excluding hydrogens is 335 g/mol. The van der Waals surface area contributed by atoms with Gasteiger partial charge in [-0.2, -0.15) is 0 Å². The molecule has 0 aliphatic heterocycles. The van der Waals surface area contributed by atoms with Gasteiger partial charge >= 0.3 is 0 Å². The highest BCUT2D eigenvalue weighted by atomic mass is 35.5. The Morgan fingerprint density at radius 2 is 2.00 bits per heavy atom. The van der Waals surface area contributed by atoms with Crippen LogP contribution in [0.25, 0.3) is 11.0 Å². The summed E-state index contributed by atoms with van der Waals surface area (Å²) in [5, 5.41) is 11.2. The Balaban J connectivity index is 1.69. The molecule has 0 aliphatic carbocycles. The van der Waals surface area contributed by atoms with E-state index >= 15 is 0 Å². The first-order valence-corrected chi connectivity index (χ1v) is 7.98. The van der Waals surface area contributed by atoms with Crippen molar-refractivity contribution in [1.82, 2.24) is 9.55 Å². The molecule has 3 rings (SSSR count). The van der Waals surface area contributed by atoms with Crippen LogP contribution in [0.3, 0.4) is 0 Å². The summed E-state index contributed by atoms with van der Waals surface area (Å²) in [6.45, 7) is 2.45. The van der Waals surface area contributed by atoms with E-state index in [9.17, 15) is 5.11 Å². The summed E-state index contributed by atoms with van der Waals surface area (Å²) in [5.41, 5.74) is 1.91. The summed E-state index contributed by atoms with van der Waals surface area (Å²) in [7, 11) is 0. The molecule has 0 unspecified atom stereocenters. The minimum Gasteiger partial charge on any atom is -0.489 e. The number of ether oxygens (including phenoxy) is 1. The minimum atomic E-state index is -0.682. The average molecular weight is 351 g/mol. The van der Waals surface area contributed by atoms with E-state index in [0.29, 0.717) is 22.3 Å². The van der Waals surface area contributed by atoms with E-state index in [1.807, 2.05) is 35.8 Å². The van der Waals surface area contributed by atoms with Gasteiger partial charge in [0.1, 0.15) is 24.3 Å². The fourth-order valence-corrected chi connectivity index (χ4v) is 2.93. The molecule has 3 aromatic rings. The van der Waals surface area contributed by atoms with Crippen molar-refractivity contribution in [3.63, 3.8) is 0 Å². The number of hydrogen-bond donors (Lipinski definition) is 1. The molecule has 0 bridgehead atoms. The van der Waals surface area contributed by atoms with E-state index in [0.717, 1.165) is 16.9 Å². The number of fused-ring (bicyclic) bond motifs is 1. The van der Waals surface area contributed by atoms with Crippen molar-refractivity contribution in [2.45, 2.75) is 19.6 Å². The van der Waals surface area contributed by atoms with Crippen molar-refractivity contribution in [1.29, 1.82) is 0 Å². The molecule has 23 heavy (non-hydrogen) atoms. The number of aryl methyl sites for hydroxylation is 1. The number of aromatic nitrogens is 2. The van der Waals surface area contributed by atoms with Gasteiger partial charge in [-0.25, -0.2) is 4.98 Å². The zero-order valence-corrected chi connectivity index (χ0v) is 14.1. The Kier molecular flexibility index (Phi) is 4.76. The van der Waals surface area contributed by atoms with Gasteiger partial charge in [-0.05, 0) is 37.3 Å². The van der Waals surface area contributed by atoms with Crippen LogP contribution < -0.4 is 4.74 Å². The maximum absolute atomic E-state index is 10.3. The molecule has 0 fully saturated rings. The van der Waals surface area contributed by atoms with Crippen LogP contribution in [0.2, 0.25) is 10.0 Å². The van der Waals surface area contributed by atoms with Gasteiger partial charge in [-0.15, -0.1) is 0 Å². The fourth-order valence-electron chi connectivity index (χ4n) is 2.47. The third-order valence-corrected chi connectivity index (χ3v) is 4.09. The zero-order chi connectivity index (χ0) is 16.4. The Hall–Kier alpha value is -1.75. The molecule has 0 radical (unpaired) electrons. The molecule has 0 amide bonds. The number of aliphatic hydroxyl groups is 1. The number of benzene rings is 2. The number of nitrogens with zero attached hydrogens (tertiary/aromatic N) is 2. The smallest absolute Gasteiger partial charge is 0.138 e. The van der Waals surface area contributed by atoms with Crippen LogP contribution in [0.4, 0.5) is 0 Å². The van der Waals surface area contributed by atoms with Crippen LogP contribution in [0, 0.1) is 6.92 Å². The molecule has 4 nitrogen and oxygen atoms in total. The van der Waals surface area contributed by atoms with Gasteiger partial charge in [-0.1, -0.05) is 35.3 Å². The van der Waals surface area contributed by atoms with Gasteiger partial charge in [0.15, 0.2) is 0 Å². The normalized spacial score (nSPS) is 12.5. The third-order valence-electron chi connectivity index (χ3n) is 3.56. The lowest BCUT2D eigenvalue weighted by atomic mass is 10.3. The summed E-state index contributed by atoms with van der Waals surface area (Å²) >= 11 is 11.9. The third kappa shape index (κ3) is 3.61. The van der Waals surface area contributed by atoms with Crippen LogP contribution in [0.5, 0.6) is 5.75 Å². The van der Waals surface area contributed by atoms with Gasteiger partial charge in [0.05, 0.1) is 22.6 Å². The summed E-state index contributed by atoms with van der Waals surface area (Å²) in [5.74, 6) is 1.36. The van der Waals surface area contributed by atoms with Crippen molar-refractivity contribution >= 4 is 34.2 Å². The van der Waals surface area contributed by atoms with Gasteiger partial charge in [0.2, 0.25) is 0 Å². The molecule has 6 heteroatoms. The molecule has 0 aliphatic rings. The summed E-state index contributed by atoms with van der Waals surface area (Å²) in [6.07, 6.45) is -0.682. The predicted octanol–water partition coefficient (Wildman–Crippen LogP) is 4.09. The zero-order valence-electron chi connectivity index (χ0n) is 12.5. The lowest BCUT2D eigenvalue weighted by Crippen LogP contribution is -2.24. The topological polar surface area (TPSA) is 47.3 Å². The second-order valence-electron chi connectivity index (χ2n) is 5.30. The van der Waals surface area contributed by atoms with Gasteiger partial charge in [0, 0.05) is 5.02 Å². The Morgan fingerprint density at radius 3 is 2.78 bits per heavy atom. The SMILES string of the molecule is Cc1nc2ccccc2n1C[C@@H](O)COc1ccc(Cl)cc1Cl.